The van der Waals surface area contributed by atoms with Gasteiger partial charge >= 0.3 is 0 Å². The summed E-state index contributed by atoms with van der Waals surface area (Å²) in [7, 11) is 0. The van der Waals surface area contributed by atoms with E-state index in [-0.39, 0.29) is 0 Å². The Morgan fingerprint density at radius 3 is 2.69 bits per heavy atom. The fourth-order valence-electron chi connectivity index (χ4n) is 2.51. The van der Waals surface area contributed by atoms with Crippen LogP contribution in [0.5, 0.6) is 0 Å². The molecule has 1 aliphatic carbocycles. The molecule has 76 valence electrons. The largest absolute Gasteiger partial charge is 0.390 e. The van der Waals surface area contributed by atoms with Gasteiger partial charge in [0, 0.05) is 0 Å². The van der Waals surface area contributed by atoms with Gasteiger partial charge in [0.15, 0.2) is 0 Å². The third-order valence-electron chi connectivity index (χ3n) is 3.44. The lowest BCUT2D eigenvalue weighted by atomic mass is 9.69. The minimum Gasteiger partial charge on any atom is -0.390 e. The lowest BCUT2D eigenvalue weighted by Gasteiger charge is -2.39. The van der Waals surface area contributed by atoms with Gasteiger partial charge in [-0.1, -0.05) is 25.5 Å². The van der Waals surface area contributed by atoms with Crippen LogP contribution in [0.15, 0.2) is 12.2 Å². The van der Waals surface area contributed by atoms with Gasteiger partial charge in [-0.3, -0.25) is 0 Å². The third-order valence-corrected chi connectivity index (χ3v) is 3.44. The fourth-order valence-corrected chi connectivity index (χ4v) is 2.51. The van der Waals surface area contributed by atoms with Crippen molar-refractivity contribution in [2.75, 3.05) is 0 Å². The topological polar surface area (TPSA) is 20.2 Å². The molecule has 0 radical (unpaired) electrons. The predicted molar refractivity (Wildman–Crippen MR) is 56.6 cm³/mol. The summed E-state index contributed by atoms with van der Waals surface area (Å²) in [5, 5.41) is 9.97. The van der Waals surface area contributed by atoms with Crippen LogP contribution in [0, 0.1) is 11.8 Å². The highest BCUT2D eigenvalue weighted by Gasteiger charge is 2.35. The smallest absolute Gasteiger partial charge is 0.0625 e. The summed E-state index contributed by atoms with van der Waals surface area (Å²) < 4.78 is 0. The molecular formula is C12H22O. The highest BCUT2D eigenvalue weighted by molar-refractivity contribution is 5.04. The van der Waals surface area contributed by atoms with E-state index in [4.69, 9.17) is 0 Å². The molecule has 0 spiro atoms. The van der Waals surface area contributed by atoms with E-state index in [0.29, 0.717) is 5.92 Å². The summed E-state index contributed by atoms with van der Waals surface area (Å²) in [5.74, 6) is 1.28. The Morgan fingerprint density at radius 2 is 2.23 bits per heavy atom. The molecule has 0 aliphatic heterocycles. The van der Waals surface area contributed by atoms with E-state index in [0.717, 1.165) is 25.2 Å². The van der Waals surface area contributed by atoms with E-state index in [1.165, 1.54) is 12.0 Å². The van der Waals surface area contributed by atoms with Crippen molar-refractivity contribution >= 4 is 0 Å². The summed E-state index contributed by atoms with van der Waals surface area (Å²) in [6.45, 7) is 10.3. The first-order valence-corrected chi connectivity index (χ1v) is 5.34. The van der Waals surface area contributed by atoms with E-state index in [1.54, 1.807) is 0 Å². The van der Waals surface area contributed by atoms with E-state index < -0.39 is 5.60 Å². The van der Waals surface area contributed by atoms with Gasteiger partial charge in [-0.15, -0.1) is 0 Å². The van der Waals surface area contributed by atoms with E-state index >= 15 is 0 Å². The molecule has 0 amide bonds. The summed E-state index contributed by atoms with van der Waals surface area (Å²) >= 11 is 0. The van der Waals surface area contributed by atoms with Gasteiger partial charge in [-0.25, -0.2) is 0 Å². The number of aliphatic hydroxyl groups is 1. The molecule has 1 heteroatoms. The van der Waals surface area contributed by atoms with Crippen molar-refractivity contribution in [3.63, 3.8) is 0 Å². The van der Waals surface area contributed by atoms with Crippen LogP contribution in [-0.4, -0.2) is 10.7 Å². The van der Waals surface area contributed by atoms with Crippen LogP contribution in [0.2, 0.25) is 0 Å². The SMILES string of the molecule is C=C(C)C1CC(C)(O)CCC1CC. The third kappa shape index (κ3) is 2.57. The van der Waals surface area contributed by atoms with Crippen LogP contribution in [-0.2, 0) is 0 Å². The molecule has 0 aromatic rings. The first-order chi connectivity index (χ1) is 5.96. The molecule has 0 aromatic heterocycles. The maximum Gasteiger partial charge on any atom is 0.0625 e. The average molecular weight is 182 g/mol. The number of hydrogen-bond donors (Lipinski definition) is 1. The number of hydrogen-bond acceptors (Lipinski definition) is 1. The first kappa shape index (κ1) is 10.8. The normalized spacial score (nSPS) is 40.3. The monoisotopic (exact) mass is 182 g/mol. The van der Waals surface area contributed by atoms with Crippen molar-refractivity contribution in [1.29, 1.82) is 0 Å². The van der Waals surface area contributed by atoms with Crippen molar-refractivity contribution in [2.45, 2.75) is 52.1 Å². The minimum absolute atomic E-state index is 0.449. The van der Waals surface area contributed by atoms with Gasteiger partial charge in [-0.05, 0) is 44.9 Å². The van der Waals surface area contributed by atoms with Crippen molar-refractivity contribution in [1.82, 2.24) is 0 Å². The van der Waals surface area contributed by atoms with Crippen LogP contribution < -0.4 is 0 Å². The van der Waals surface area contributed by atoms with Gasteiger partial charge in [0.2, 0.25) is 0 Å². The summed E-state index contributed by atoms with van der Waals surface area (Å²) in [6, 6.07) is 0. The molecule has 0 bridgehead atoms. The molecule has 1 aliphatic rings. The number of allylic oxidation sites excluding steroid dienone is 1. The lowest BCUT2D eigenvalue weighted by Crippen LogP contribution is -2.36. The molecule has 0 heterocycles. The van der Waals surface area contributed by atoms with Crippen molar-refractivity contribution in [2.24, 2.45) is 11.8 Å². The standard InChI is InChI=1S/C12H22O/c1-5-10-6-7-12(4,13)8-11(10)9(2)3/h10-11,13H,2,5-8H2,1,3-4H3. The van der Waals surface area contributed by atoms with Crippen LogP contribution in [0.3, 0.4) is 0 Å². The van der Waals surface area contributed by atoms with Crippen molar-refractivity contribution in [3.8, 4) is 0 Å². The molecule has 1 N–H and O–H groups in total. The second-order valence-electron chi connectivity index (χ2n) is 4.86. The molecular weight excluding hydrogens is 160 g/mol. The van der Waals surface area contributed by atoms with Gasteiger partial charge in [-0.2, -0.15) is 0 Å². The molecule has 13 heavy (non-hydrogen) atoms. The van der Waals surface area contributed by atoms with Crippen LogP contribution >= 0.6 is 0 Å². The Morgan fingerprint density at radius 1 is 1.62 bits per heavy atom. The summed E-state index contributed by atoms with van der Waals surface area (Å²) in [4.78, 5) is 0. The Balaban J connectivity index is 2.69. The molecule has 1 rings (SSSR count). The van der Waals surface area contributed by atoms with Gasteiger partial charge < -0.3 is 5.11 Å². The summed E-state index contributed by atoms with van der Waals surface area (Å²) in [5.41, 5.74) is 0.793. The Bertz CT molecular complexity index is 193. The quantitative estimate of drug-likeness (QED) is 0.650. The molecule has 0 saturated heterocycles. The van der Waals surface area contributed by atoms with Crippen LogP contribution in [0.1, 0.15) is 46.5 Å². The molecule has 1 fully saturated rings. The zero-order valence-corrected chi connectivity index (χ0v) is 9.14. The fraction of sp³-hybridized carbons (Fsp3) is 0.833. The second kappa shape index (κ2) is 3.83. The number of rotatable bonds is 2. The van der Waals surface area contributed by atoms with Gasteiger partial charge in [0.1, 0.15) is 0 Å². The Kier molecular flexibility index (Phi) is 3.18. The second-order valence-corrected chi connectivity index (χ2v) is 4.86. The molecule has 3 atom stereocenters. The zero-order valence-electron chi connectivity index (χ0n) is 9.14. The molecule has 1 nitrogen and oxygen atoms in total. The maximum absolute atomic E-state index is 9.97. The maximum atomic E-state index is 9.97. The molecule has 3 unspecified atom stereocenters. The molecule has 1 saturated carbocycles. The van der Waals surface area contributed by atoms with Crippen LogP contribution in [0.4, 0.5) is 0 Å². The first-order valence-electron chi connectivity index (χ1n) is 5.34. The van der Waals surface area contributed by atoms with Crippen LogP contribution in [0.25, 0.3) is 0 Å². The predicted octanol–water partition coefficient (Wildman–Crippen LogP) is 3.14. The highest BCUT2D eigenvalue weighted by atomic mass is 16.3. The lowest BCUT2D eigenvalue weighted by molar-refractivity contribution is -0.0121. The minimum atomic E-state index is -0.449. The average Bonchev–Trinajstić information content (AvgIpc) is 2.03. The van der Waals surface area contributed by atoms with Crippen molar-refractivity contribution in [3.05, 3.63) is 12.2 Å². The summed E-state index contributed by atoms with van der Waals surface area (Å²) in [6.07, 6.45) is 4.23. The zero-order chi connectivity index (χ0) is 10.1. The highest BCUT2D eigenvalue weighted by Crippen LogP contribution is 2.40. The van der Waals surface area contributed by atoms with Gasteiger partial charge in [0.05, 0.1) is 5.60 Å². The Hall–Kier alpha value is -0.300. The van der Waals surface area contributed by atoms with E-state index in [2.05, 4.69) is 20.4 Å². The Labute approximate surface area is 81.9 Å². The molecule has 0 aromatic carbocycles. The van der Waals surface area contributed by atoms with Gasteiger partial charge in [0.25, 0.3) is 0 Å². The van der Waals surface area contributed by atoms with Crippen molar-refractivity contribution < 1.29 is 5.11 Å². The van der Waals surface area contributed by atoms with E-state index in [1.807, 2.05) is 6.92 Å². The van der Waals surface area contributed by atoms with E-state index in [9.17, 15) is 5.11 Å².